The maximum atomic E-state index is 12.6. The lowest BCUT2D eigenvalue weighted by atomic mass is 10.2. The van der Waals surface area contributed by atoms with Crippen LogP contribution in [0, 0.1) is 0 Å². The molecule has 0 N–H and O–H groups in total. The van der Waals surface area contributed by atoms with Crippen LogP contribution in [-0.2, 0) is 0 Å². The highest BCUT2D eigenvalue weighted by molar-refractivity contribution is 6.31. The van der Waals surface area contributed by atoms with Crippen LogP contribution in [-0.4, -0.2) is 18.9 Å². The summed E-state index contributed by atoms with van der Waals surface area (Å²) in [4.78, 5) is 13.1. The first-order valence-electron chi connectivity index (χ1n) is 5.45. The van der Waals surface area contributed by atoms with Gasteiger partial charge in [0.05, 0.1) is 18.4 Å². The van der Waals surface area contributed by atoms with E-state index in [4.69, 9.17) is 16.0 Å². The summed E-state index contributed by atoms with van der Waals surface area (Å²) in [6.07, 6.45) is -0.119. The molecule has 0 aliphatic heterocycles. The Morgan fingerprint density at radius 3 is 2.74 bits per heavy atom. The number of benzene rings is 1. The largest absolute Gasteiger partial charge is 0.472 e. The lowest BCUT2D eigenvalue weighted by molar-refractivity contribution is 0.0945. The van der Waals surface area contributed by atoms with Crippen molar-refractivity contribution in [2.75, 3.05) is 11.4 Å². The Kier molecular flexibility index (Phi) is 4.16. The van der Waals surface area contributed by atoms with E-state index >= 15 is 0 Å². The van der Waals surface area contributed by atoms with Gasteiger partial charge in [-0.2, -0.15) is 0 Å². The van der Waals surface area contributed by atoms with Gasteiger partial charge in [0.15, 0.2) is 0 Å². The maximum absolute atomic E-state index is 12.6. The normalized spacial score (nSPS) is 10.7. The number of furan rings is 1. The Balaban J connectivity index is 2.33. The minimum atomic E-state index is -2.64. The van der Waals surface area contributed by atoms with Crippen molar-refractivity contribution < 1.29 is 18.0 Å². The maximum Gasteiger partial charge on any atom is 0.261 e. The molecule has 6 heteroatoms. The van der Waals surface area contributed by atoms with Crippen LogP contribution in [0.25, 0.3) is 0 Å². The van der Waals surface area contributed by atoms with Crippen LogP contribution in [0.4, 0.5) is 14.5 Å². The molecule has 3 nitrogen and oxygen atoms in total. The molecule has 1 heterocycles. The molecule has 0 fully saturated rings. The van der Waals surface area contributed by atoms with Gasteiger partial charge in [-0.05, 0) is 24.3 Å². The molecule has 0 atom stereocenters. The average molecular weight is 286 g/mol. The Morgan fingerprint density at radius 2 is 2.16 bits per heavy atom. The number of anilines is 1. The molecule has 0 aliphatic carbocycles. The van der Waals surface area contributed by atoms with Crippen molar-refractivity contribution in [1.29, 1.82) is 0 Å². The molecular weight excluding hydrogens is 276 g/mol. The first kappa shape index (κ1) is 13.5. The summed E-state index contributed by atoms with van der Waals surface area (Å²) < 4.78 is 30.0. The van der Waals surface area contributed by atoms with Crippen molar-refractivity contribution in [1.82, 2.24) is 0 Å². The predicted molar refractivity (Wildman–Crippen MR) is 67.8 cm³/mol. The van der Waals surface area contributed by atoms with Crippen molar-refractivity contribution in [3.05, 3.63) is 53.4 Å². The topological polar surface area (TPSA) is 33.5 Å². The molecule has 19 heavy (non-hydrogen) atoms. The monoisotopic (exact) mass is 285 g/mol. The highest BCUT2D eigenvalue weighted by Gasteiger charge is 2.22. The van der Waals surface area contributed by atoms with Gasteiger partial charge in [0.2, 0.25) is 0 Å². The molecule has 1 amide bonds. The fraction of sp³-hybridized carbons (Fsp3) is 0.154. The van der Waals surface area contributed by atoms with E-state index in [0.717, 1.165) is 4.90 Å². The molecule has 2 rings (SSSR count). The van der Waals surface area contributed by atoms with Crippen molar-refractivity contribution in [3.8, 4) is 0 Å². The highest BCUT2D eigenvalue weighted by Crippen LogP contribution is 2.22. The SMILES string of the molecule is O=C(c1ccoc1)N(CC(F)F)c1cccc(Cl)c1. The zero-order chi connectivity index (χ0) is 13.8. The van der Waals surface area contributed by atoms with Crippen molar-refractivity contribution in [3.63, 3.8) is 0 Å². The zero-order valence-corrected chi connectivity index (χ0v) is 10.5. The van der Waals surface area contributed by atoms with Crippen molar-refractivity contribution in [2.24, 2.45) is 0 Å². The van der Waals surface area contributed by atoms with E-state index in [0.29, 0.717) is 10.7 Å². The van der Waals surface area contributed by atoms with Gasteiger partial charge >= 0.3 is 0 Å². The lowest BCUT2D eigenvalue weighted by Gasteiger charge is -2.22. The fourth-order valence-electron chi connectivity index (χ4n) is 1.63. The van der Waals surface area contributed by atoms with Crippen molar-refractivity contribution in [2.45, 2.75) is 6.43 Å². The minimum Gasteiger partial charge on any atom is -0.472 e. The smallest absolute Gasteiger partial charge is 0.261 e. The number of rotatable bonds is 4. The van der Waals surface area contributed by atoms with Crippen LogP contribution >= 0.6 is 11.6 Å². The minimum absolute atomic E-state index is 0.209. The first-order chi connectivity index (χ1) is 9.08. The van der Waals surface area contributed by atoms with Crippen LogP contribution in [0.5, 0.6) is 0 Å². The number of carbonyl (C=O) groups is 1. The molecule has 0 bridgehead atoms. The Morgan fingerprint density at radius 1 is 1.37 bits per heavy atom. The third kappa shape index (κ3) is 3.32. The lowest BCUT2D eigenvalue weighted by Crippen LogP contribution is -2.34. The van der Waals surface area contributed by atoms with E-state index in [9.17, 15) is 13.6 Å². The van der Waals surface area contributed by atoms with Crippen LogP contribution in [0.3, 0.4) is 0 Å². The van der Waals surface area contributed by atoms with Crippen molar-refractivity contribution >= 4 is 23.2 Å². The number of carbonyl (C=O) groups excluding carboxylic acids is 1. The predicted octanol–water partition coefficient (Wildman–Crippen LogP) is 3.84. The van der Waals surface area contributed by atoms with E-state index in [1.165, 1.54) is 24.7 Å². The highest BCUT2D eigenvalue weighted by atomic mass is 35.5. The summed E-state index contributed by atoms with van der Waals surface area (Å²) in [7, 11) is 0. The summed E-state index contributed by atoms with van der Waals surface area (Å²) in [5.41, 5.74) is 0.527. The number of hydrogen-bond donors (Lipinski definition) is 0. The van der Waals surface area contributed by atoms with E-state index in [-0.39, 0.29) is 5.56 Å². The molecule has 0 saturated heterocycles. The molecular formula is C13H10ClF2NO2. The quantitative estimate of drug-likeness (QED) is 0.855. The number of alkyl halides is 2. The molecule has 0 unspecified atom stereocenters. The molecule has 1 aromatic heterocycles. The number of amides is 1. The Hall–Kier alpha value is -1.88. The standard InChI is InChI=1S/C13H10ClF2NO2/c14-10-2-1-3-11(6-10)17(7-12(15)16)13(18)9-4-5-19-8-9/h1-6,8,12H,7H2. The number of halogens is 3. The molecule has 0 aliphatic rings. The van der Waals surface area contributed by atoms with Crippen LogP contribution in [0.2, 0.25) is 5.02 Å². The molecule has 0 spiro atoms. The number of hydrogen-bond acceptors (Lipinski definition) is 2. The van der Waals surface area contributed by atoms with E-state index in [2.05, 4.69) is 0 Å². The van der Waals surface area contributed by atoms with Gasteiger partial charge in [0.25, 0.3) is 12.3 Å². The average Bonchev–Trinajstić information content (AvgIpc) is 2.88. The summed E-state index contributed by atoms with van der Waals surface area (Å²) in [6, 6.07) is 7.63. The van der Waals surface area contributed by atoms with Crippen LogP contribution < -0.4 is 4.90 Å². The van der Waals surface area contributed by atoms with Gasteiger partial charge in [-0.3, -0.25) is 4.79 Å². The van der Waals surface area contributed by atoms with Crippen LogP contribution in [0.15, 0.2) is 47.3 Å². The van der Waals surface area contributed by atoms with E-state index in [1.807, 2.05) is 0 Å². The second-order valence-corrected chi connectivity index (χ2v) is 4.24. The summed E-state index contributed by atoms with van der Waals surface area (Å²) in [5, 5.41) is 0.372. The third-order valence-corrected chi connectivity index (χ3v) is 2.69. The second kappa shape index (κ2) is 5.84. The van der Waals surface area contributed by atoms with Gasteiger partial charge < -0.3 is 9.32 Å². The molecule has 0 radical (unpaired) electrons. The molecule has 0 saturated carbocycles. The third-order valence-electron chi connectivity index (χ3n) is 2.45. The fourth-order valence-corrected chi connectivity index (χ4v) is 1.81. The molecule has 100 valence electrons. The molecule has 1 aromatic carbocycles. The summed E-state index contributed by atoms with van der Waals surface area (Å²) in [5.74, 6) is -0.559. The second-order valence-electron chi connectivity index (χ2n) is 3.80. The Bertz CT molecular complexity index is 558. The van der Waals surface area contributed by atoms with Gasteiger partial charge in [0.1, 0.15) is 6.26 Å². The summed E-state index contributed by atoms with van der Waals surface area (Å²) >= 11 is 5.81. The summed E-state index contributed by atoms with van der Waals surface area (Å²) in [6.45, 7) is -0.704. The first-order valence-corrected chi connectivity index (χ1v) is 5.83. The Labute approximate surface area is 113 Å². The zero-order valence-electron chi connectivity index (χ0n) is 9.72. The van der Waals surface area contributed by atoms with E-state index < -0.39 is 18.9 Å². The molecule has 2 aromatic rings. The van der Waals surface area contributed by atoms with Gasteiger partial charge in [-0.1, -0.05) is 17.7 Å². The van der Waals surface area contributed by atoms with Gasteiger partial charge in [0, 0.05) is 10.7 Å². The number of nitrogens with zero attached hydrogens (tertiary/aromatic N) is 1. The van der Waals surface area contributed by atoms with Gasteiger partial charge in [-0.15, -0.1) is 0 Å². The van der Waals surface area contributed by atoms with Crippen LogP contribution in [0.1, 0.15) is 10.4 Å². The van der Waals surface area contributed by atoms with Gasteiger partial charge in [-0.25, -0.2) is 8.78 Å². The van der Waals surface area contributed by atoms with E-state index in [1.54, 1.807) is 18.2 Å².